The molecule has 1 aliphatic heterocycles. The summed E-state index contributed by atoms with van der Waals surface area (Å²) in [6.45, 7) is 6.06. The molecule has 2 aromatic heterocycles. The molecule has 31 heavy (non-hydrogen) atoms. The number of benzene rings is 1. The third-order valence-electron chi connectivity index (χ3n) is 5.60. The number of halogens is 2. The lowest BCUT2D eigenvalue weighted by Gasteiger charge is -2.43. The van der Waals surface area contributed by atoms with Crippen LogP contribution in [-0.2, 0) is 4.79 Å². The van der Waals surface area contributed by atoms with E-state index in [1.165, 1.54) is 12.5 Å². The van der Waals surface area contributed by atoms with Gasteiger partial charge >= 0.3 is 0 Å². The Morgan fingerprint density at radius 2 is 2.13 bits per heavy atom. The van der Waals surface area contributed by atoms with Crippen LogP contribution in [0.3, 0.4) is 0 Å². The molecule has 164 valence electrons. The molecule has 1 aliphatic rings. The van der Waals surface area contributed by atoms with E-state index in [2.05, 4.69) is 26.8 Å². The van der Waals surface area contributed by atoms with E-state index in [0.29, 0.717) is 39.6 Å². The van der Waals surface area contributed by atoms with Gasteiger partial charge in [0.2, 0.25) is 5.89 Å². The van der Waals surface area contributed by atoms with E-state index in [1.807, 2.05) is 25.1 Å². The highest BCUT2D eigenvalue weighted by atomic mass is 35.5. The molecule has 0 radical (unpaired) electrons. The van der Waals surface area contributed by atoms with Crippen molar-refractivity contribution in [3.8, 4) is 17.3 Å². The van der Waals surface area contributed by atoms with Gasteiger partial charge in [-0.2, -0.15) is 5.10 Å². The Labute approximate surface area is 190 Å². The molecule has 0 spiro atoms. The van der Waals surface area contributed by atoms with Crippen LogP contribution in [0.5, 0.6) is 5.75 Å². The summed E-state index contributed by atoms with van der Waals surface area (Å²) < 4.78 is 12.3. The zero-order chi connectivity index (χ0) is 22.1. The molecule has 1 unspecified atom stereocenters. The van der Waals surface area contributed by atoms with Crippen molar-refractivity contribution in [1.82, 2.24) is 19.7 Å². The molecular formula is C21H23Cl2N5O3. The van der Waals surface area contributed by atoms with Crippen molar-refractivity contribution in [2.75, 3.05) is 31.6 Å². The van der Waals surface area contributed by atoms with Crippen LogP contribution in [0, 0.1) is 6.92 Å². The number of hydrogen-bond acceptors (Lipinski definition) is 7. The van der Waals surface area contributed by atoms with Gasteiger partial charge in [0.05, 0.1) is 29.0 Å². The molecule has 0 saturated carbocycles. The molecule has 3 aromatic rings. The van der Waals surface area contributed by atoms with Crippen molar-refractivity contribution >= 4 is 35.2 Å². The summed E-state index contributed by atoms with van der Waals surface area (Å²) in [5, 5.41) is 5.55. The Morgan fingerprint density at radius 1 is 1.32 bits per heavy atom. The third-order valence-corrected chi connectivity index (χ3v) is 6.37. The molecule has 2 atom stereocenters. The minimum Gasteiger partial charge on any atom is -0.495 e. The van der Waals surface area contributed by atoms with Gasteiger partial charge in [-0.15, -0.1) is 0 Å². The maximum atomic E-state index is 12.2. The first kappa shape index (κ1) is 21.7. The largest absolute Gasteiger partial charge is 0.495 e. The lowest BCUT2D eigenvalue weighted by Crippen LogP contribution is -2.54. The van der Waals surface area contributed by atoms with Gasteiger partial charge in [-0.05, 0) is 26.0 Å². The Balaban J connectivity index is 1.56. The molecule has 1 aromatic carbocycles. The van der Waals surface area contributed by atoms with Crippen LogP contribution in [0.1, 0.15) is 18.8 Å². The molecular weight excluding hydrogens is 441 g/mol. The number of methoxy groups -OCH3 is 1. The smallest absolute Gasteiger partial charge is 0.248 e. The van der Waals surface area contributed by atoms with E-state index < -0.39 is 6.17 Å². The minimum absolute atomic E-state index is 0.0817. The Hall–Kier alpha value is -2.55. The maximum absolute atomic E-state index is 12.2. The second-order valence-electron chi connectivity index (χ2n) is 7.43. The predicted octanol–water partition coefficient (Wildman–Crippen LogP) is 4.07. The first-order valence-corrected chi connectivity index (χ1v) is 10.6. The molecule has 0 bridgehead atoms. The van der Waals surface area contributed by atoms with Gasteiger partial charge in [0.25, 0.3) is 0 Å². The molecule has 1 fully saturated rings. The van der Waals surface area contributed by atoms with Gasteiger partial charge in [-0.25, -0.2) is 9.67 Å². The predicted molar refractivity (Wildman–Crippen MR) is 119 cm³/mol. The van der Waals surface area contributed by atoms with E-state index in [1.54, 1.807) is 11.8 Å². The number of anilines is 1. The number of rotatable bonds is 6. The van der Waals surface area contributed by atoms with E-state index in [-0.39, 0.29) is 6.04 Å². The zero-order valence-electron chi connectivity index (χ0n) is 17.5. The van der Waals surface area contributed by atoms with Crippen molar-refractivity contribution in [2.45, 2.75) is 26.1 Å². The third kappa shape index (κ3) is 4.03. The highest BCUT2D eigenvalue weighted by molar-refractivity contribution is 6.33. The number of piperazine rings is 1. The van der Waals surface area contributed by atoms with Crippen LogP contribution in [0.25, 0.3) is 11.6 Å². The number of aldehydes is 1. The number of carbonyl (C=O) groups is 1. The van der Waals surface area contributed by atoms with Gasteiger partial charge in [0, 0.05) is 37.4 Å². The van der Waals surface area contributed by atoms with Crippen LogP contribution in [-0.4, -0.2) is 58.7 Å². The lowest BCUT2D eigenvalue weighted by molar-refractivity contribution is -0.117. The van der Waals surface area contributed by atoms with E-state index in [0.717, 1.165) is 25.1 Å². The summed E-state index contributed by atoms with van der Waals surface area (Å²) in [7, 11) is 1.60. The van der Waals surface area contributed by atoms with Crippen molar-refractivity contribution in [3.05, 3.63) is 46.4 Å². The van der Waals surface area contributed by atoms with Crippen molar-refractivity contribution in [3.63, 3.8) is 0 Å². The summed E-state index contributed by atoms with van der Waals surface area (Å²) in [5.74, 6) is 0.965. The van der Waals surface area contributed by atoms with E-state index in [4.69, 9.17) is 32.4 Å². The first-order valence-electron chi connectivity index (χ1n) is 9.88. The number of aromatic nitrogens is 3. The van der Waals surface area contributed by atoms with Gasteiger partial charge in [-0.3, -0.25) is 9.69 Å². The van der Waals surface area contributed by atoms with Crippen molar-refractivity contribution in [2.24, 2.45) is 0 Å². The van der Waals surface area contributed by atoms with E-state index >= 15 is 0 Å². The molecule has 0 amide bonds. The van der Waals surface area contributed by atoms with Crippen LogP contribution in [0.15, 0.2) is 35.1 Å². The monoisotopic (exact) mass is 463 g/mol. The second-order valence-corrected chi connectivity index (χ2v) is 8.22. The van der Waals surface area contributed by atoms with Gasteiger partial charge < -0.3 is 14.1 Å². The molecule has 8 nitrogen and oxygen atoms in total. The number of ether oxygens (including phenoxy) is 1. The van der Waals surface area contributed by atoms with Crippen LogP contribution >= 0.6 is 23.2 Å². The average Bonchev–Trinajstić information content (AvgIpc) is 3.40. The quantitative estimate of drug-likeness (QED) is 0.509. The van der Waals surface area contributed by atoms with Crippen molar-refractivity contribution < 1.29 is 13.9 Å². The summed E-state index contributed by atoms with van der Waals surface area (Å²) >= 11 is 12.6. The molecule has 10 heteroatoms. The van der Waals surface area contributed by atoms with Crippen LogP contribution in [0.4, 0.5) is 5.69 Å². The fourth-order valence-corrected chi connectivity index (χ4v) is 4.35. The number of oxazole rings is 1. The number of carbonyl (C=O) groups excluding carboxylic acids is 1. The molecule has 0 N–H and O–H groups in total. The first-order chi connectivity index (χ1) is 14.9. The molecule has 4 rings (SSSR count). The Kier molecular flexibility index (Phi) is 6.22. The standard InChI is InChI=1S/C21H23Cl2N5O3/c1-13-11-26(15-4-5-16(22)17(10-15)30-3)7-8-27(13)18(12-29)28-14(2)19(23)20(25-28)21-24-6-9-31-21/h4-6,9-10,12-13,18H,7-8,11H2,1-3H3/t13-,18?/m0/s1. The zero-order valence-corrected chi connectivity index (χ0v) is 19.0. The molecule has 0 aliphatic carbocycles. The lowest BCUT2D eigenvalue weighted by atomic mass is 10.1. The topological polar surface area (TPSA) is 76.6 Å². The Bertz CT molecular complexity index is 1070. The summed E-state index contributed by atoms with van der Waals surface area (Å²) in [6.07, 6.45) is 3.31. The maximum Gasteiger partial charge on any atom is 0.248 e. The number of nitrogens with zero attached hydrogens (tertiary/aromatic N) is 5. The van der Waals surface area contributed by atoms with Crippen molar-refractivity contribution in [1.29, 1.82) is 0 Å². The van der Waals surface area contributed by atoms with E-state index in [9.17, 15) is 4.79 Å². The molecule has 3 heterocycles. The van der Waals surface area contributed by atoms with Crippen LogP contribution in [0.2, 0.25) is 10.0 Å². The fourth-order valence-electron chi connectivity index (χ4n) is 3.95. The second kappa shape index (κ2) is 8.90. The number of hydrogen-bond donors (Lipinski definition) is 0. The minimum atomic E-state index is -0.585. The normalized spacial score (nSPS) is 18.2. The molecule has 1 saturated heterocycles. The SMILES string of the molecule is COc1cc(N2CCN(C(C=O)n3nc(-c4ncco4)c(Cl)c3C)[C@@H](C)C2)ccc1Cl. The summed E-state index contributed by atoms with van der Waals surface area (Å²) in [4.78, 5) is 20.6. The fraction of sp³-hybridized carbons (Fsp3) is 0.381. The van der Waals surface area contributed by atoms with Gasteiger partial charge in [-0.1, -0.05) is 23.2 Å². The summed E-state index contributed by atoms with van der Waals surface area (Å²) in [6, 6.07) is 5.82. The average molecular weight is 464 g/mol. The van der Waals surface area contributed by atoms with Gasteiger partial charge in [0.1, 0.15) is 12.0 Å². The Morgan fingerprint density at radius 3 is 2.77 bits per heavy atom. The highest BCUT2D eigenvalue weighted by Gasteiger charge is 2.33. The summed E-state index contributed by atoms with van der Waals surface area (Å²) in [5.41, 5.74) is 2.14. The highest BCUT2D eigenvalue weighted by Crippen LogP contribution is 2.33. The van der Waals surface area contributed by atoms with Crippen LogP contribution < -0.4 is 9.64 Å². The van der Waals surface area contributed by atoms with Gasteiger partial charge in [0.15, 0.2) is 18.1 Å².